The molecule has 1 aromatic heterocycles. The number of rotatable bonds is 5. The Morgan fingerprint density at radius 1 is 1.38 bits per heavy atom. The number of aryl methyl sites for hydroxylation is 1. The lowest BCUT2D eigenvalue weighted by Crippen LogP contribution is -2.14. The third-order valence-electron chi connectivity index (χ3n) is 4.41. The number of nitro groups is 1. The highest BCUT2D eigenvalue weighted by atomic mass is 32.2. The Hall–Kier alpha value is -2.75. The van der Waals surface area contributed by atoms with Crippen molar-refractivity contribution < 1.29 is 13.3 Å². The summed E-state index contributed by atoms with van der Waals surface area (Å²) < 4.78 is 25.1. The number of anilines is 1. The number of hydrazone groups is 1. The van der Waals surface area contributed by atoms with Crippen molar-refractivity contribution in [2.24, 2.45) is 5.10 Å². The van der Waals surface area contributed by atoms with E-state index >= 15 is 0 Å². The smallest absolute Gasteiger partial charge is 0.272 e. The Morgan fingerprint density at radius 3 is 2.77 bits per heavy atom. The molecule has 1 atom stereocenters. The summed E-state index contributed by atoms with van der Waals surface area (Å²) in [5.74, 6) is 0.276. The lowest BCUT2D eigenvalue weighted by Gasteiger charge is -2.10. The third kappa shape index (κ3) is 3.59. The predicted octanol–water partition coefficient (Wildman–Crippen LogP) is 2.21. The molecule has 0 aliphatic carbocycles. The fourth-order valence-electron chi connectivity index (χ4n) is 3.08. The summed E-state index contributed by atoms with van der Waals surface area (Å²) in [4.78, 5) is 10.5. The number of sulfone groups is 1. The normalized spacial score (nSPS) is 19.1. The van der Waals surface area contributed by atoms with Crippen LogP contribution in [0, 0.1) is 24.0 Å². The molecule has 0 spiro atoms. The zero-order chi connectivity index (χ0) is 18.9. The van der Waals surface area contributed by atoms with E-state index in [-0.39, 0.29) is 23.2 Å². The topological polar surface area (TPSA) is 119 Å². The van der Waals surface area contributed by atoms with Gasteiger partial charge < -0.3 is 0 Å². The van der Waals surface area contributed by atoms with E-state index in [0.717, 1.165) is 17.0 Å². The lowest BCUT2D eigenvalue weighted by atomic mass is 10.2. The monoisotopic (exact) mass is 377 g/mol. The van der Waals surface area contributed by atoms with Gasteiger partial charge in [0, 0.05) is 17.3 Å². The number of nitrogens with zero attached hydrogens (tertiary/aromatic N) is 4. The second kappa shape index (κ2) is 6.87. The molecule has 1 aliphatic rings. The Kier molecular flexibility index (Phi) is 4.77. The van der Waals surface area contributed by atoms with Crippen molar-refractivity contribution in [1.82, 2.24) is 9.78 Å². The highest BCUT2D eigenvalue weighted by molar-refractivity contribution is 7.91. The minimum absolute atomic E-state index is 0.0649. The van der Waals surface area contributed by atoms with Crippen LogP contribution >= 0.6 is 0 Å². The molecule has 3 rings (SSSR count). The van der Waals surface area contributed by atoms with E-state index in [0.29, 0.717) is 12.1 Å². The number of hydrogen-bond acceptors (Lipinski definition) is 7. The Labute approximate surface area is 150 Å². The maximum Gasteiger partial charge on any atom is 0.294 e. The van der Waals surface area contributed by atoms with E-state index in [9.17, 15) is 18.5 Å². The molecule has 138 valence electrons. The third-order valence-corrected chi connectivity index (χ3v) is 6.16. The van der Waals surface area contributed by atoms with E-state index in [2.05, 4.69) is 15.6 Å². The van der Waals surface area contributed by atoms with Crippen LogP contribution in [0.2, 0.25) is 0 Å². The second-order valence-electron chi connectivity index (χ2n) is 6.23. The number of nitro benzene ring substituents is 1. The van der Waals surface area contributed by atoms with Crippen molar-refractivity contribution in [3.63, 3.8) is 0 Å². The molecule has 1 aliphatic heterocycles. The van der Waals surface area contributed by atoms with Gasteiger partial charge >= 0.3 is 0 Å². The first-order valence-corrected chi connectivity index (χ1v) is 9.89. The molecule has 2 aromatic rings. The first kappa shape index (κ1) is 18.1. The van der Waals surface area contributed by atoms with E-state index < -0.39 is 14.8 Å². The number of hydrogen-bond donors (Lipinski definition) is 1. The Bertz CT molecular complexity index is 981. The van der Waals surface area contributed by atoms with Gasteiger partial charge in [0.15, 0.2) is 9.84 Å². The van der Waals surface area contributed by atoms with Crippen LogP contribution in [0.4, 0.5) is 11.4 Å². The van der Waals surface area contributed by atoms with Crippen LogP contribution in [0.5, 0.6) is 0 Å². The standard InChI is InChI=1S/C16H19N5O4S/c1-11-14(9-17-18-15-5-3-4-6-16(15)21(22)23)12(2)20(19-11)13-7-8-26(24,25)10-13/h3-6,9,13,18H,7-8,10H2,1-2H3/b17-9-/t13-/m1/s1. The van der Waals surface area contributed by atoms with Gasteiger partial charge in [0.1, 0.15) is 5.69 Å². The van der Waals surface area contributed by atoms with Crippen LogP contribution in [0.15, 0.2) is 29.4 Å². The van der Waals surface area contributed by atoms with Gasteiger partial charge in [-0.05, 0) is 26.3 Å². The summed E-state index contributed by atoms with van der Waals surface area (Å²) in [7, 11) is -3.00. The van der Waals surface area contributed by atoms with Gasteiger partial charge in [0.05, 0.1) is 34.4 Å². The second-order valence-corrected chi connectivity index (χ2v) is 8.46. The fourth-order valence-corrected chi connectivity index (χ4v) is 4.77. The first-order chi connectivity index (χ1) is 12.3. The molecular formula is C16H19N5O4S. The lowest BCUT2D eigenvalue weighted by molar-refractivity contribution is -0.384. The average molecular weight is 377 g/mol. The Morgan fingerprint density at radius 2 is 2.12 bits per heavy atom. The van der Waals surface area contributed by atoms with Gasteiger partial charge in [0.2, 0.25) is 0 Å². The van der Waals surface area contributed by atoms with E-state index in [1.54, 1.807) is 29.1 Å². The minimum Gasteiger partial charge on any atom is -0.272 e. The molecule has 2 heterocycles. The average Bonchev–Trinajstić information content (AvgIpc) is 3.08. The van der Waals surface area contributed by atoms with Crippen molar-refractivity contribution in [2.75, 3.05) is 16.9 Å². The molecule has 10 heteroatoms. The van der Waals surface area contributed by atoms with E-state index in [1.807, 2.05) is 13.8 Å². The predicted molar refractivity (Wildman–Crippen MR) is 98.3 cm³/mol. The fraction of sp³-hybridized carbons (Fsp3) is 0.375. The summed E-state index contributed by atoms with van der Waals surface area (Å²) in [5, 5.41) is 19.6. The van der Waals surface area contributed by atoms with Crippen LogP contribution in [0.25, 0.3) is 0 Å². The molecule has 9 nitrogen and oxygen atoms in total. The molecule has 0 bridgehead atoms. The highest BCUT2D eigenvalue weighted by Crippen LogP contribution is 2.26. The molecular weight excluding hydrogens is 358 g/mol. The van der Waals surface area contributed by atoms with Crippen molar-refractivity contribution in [2.45, 2.75) is 26.3 Å². The van der Waals surface area contributed by atoms with Crippen LogP contribution in [0.1, 0.15) is 29.4 Å². The number of aromatic nitrogens is 2. The van der Waals surface area contributed by atoms with Gasteiger partial charge in [-0.25, -0.2) is 8.42 Å². The minimum atomic E-state index is -3.00. The first-order valence-electron chi connectivity index (χ1n) is 8.07. The quantitative estimate of drug-likeness (QED) is 0.485. The van der Waals surface area contributed by atoms with Crippen LogP contribution < -0.4 is 5.43 Å². The number of para-hydroxylation sites is 2. The van der Waals surface area contributed by atoms with Gasteiger partial charge in [-0.15, -0.1) is 0 Å². The summed E-state index contributed by atoms with van der Waals surface area (Å²) in [6.07, 6.45) is 2.10. The summed E-state index contributed by atoms with van der Waals surface area (Å²) in [6.45, 7) is 3.68. The Balaban J connectivity index is 1.81. The van der Waals surface area contributed by atoms with Gasteiger partial charge in [0.25, 0.3) is 5.69 Å². The van der Waals surface area contributed by atoms with Crippen LogP contribution in [0.3, 0.4) is 0 Å². The summed E-state index contributed by atoms with van der Waals surface area (Å²) >= 11 is 0. The summed E-state index contributed by atoms with van der Waals surface area (Å²) in [6, 6.07) is 6.07. The highest BCUT2D eigenvalue weighted by Gasteiger charge is 2.31. The summed E-state index contributed by atoms with van der Waals surface area (Å²) in [5.41, 5.74) is 5.21. The van der Waals surface area contributed by atoms with Crippen molar-refractivity contribution in [3.05, 3.63) is 51.3 Å². The molecule has 0 radical (unpaired) electrons. The molecule has 26 heavy (non-hydrogen) atoms. The number of nitrogens with one attached hydrogen (secondary N) is 1. The maximum atomic E-state index is 11.7. The zero-order valence-electron chi connectivity index (χ0n) is 14.4. The molecule has 1 N–H and O–H groups in total. The molecule has 0 saturated carbocycles. The van der Waals surface area contributed by atoms with Gasteiger partial charge in [-0.2, -0.15) is 10.2 Å². The number of benzene rings is 1. The van der Waals surface area contributed by atoms with E-state index in [1.165, 1.54) is 6.07 Å². The molecule has 1 aromatic carbocycles. The zero-order valence-corrected chi connectivity index (χ0v) is 15.2. The van der Waals surface area contributed by atoms with Crippen LogP contribution in [-0.4, -0.2) is 40.8 Å². The van der Waals surface area contributed by atoms with Crippen LogP contribution in [-0.2, 0) is 9.84 Å². The molecule has 0 unspecified atom stereocenters. The van der Waals surface area contributed by atoms with Crippen molar-refractivity contribution in [1.29, 1.82) is 0 Å². The largest absolute Gasteiger partial charge is 0.294 e. The maximum absolute atomic E-state index is 11.7. The van der Waals surface area contributed by atoms with E-state index in [4.69, 9.17) is 0 Å². The van der Waals surface area contributed by atoms with Crippen molar-refractivity contribution in [3.8, 4) is 0 Å². The van der Waals surface area contributed by atoms with Gasteiger partial charge in [-0.3, -0.25) is 20.2 Å². The molecule has 1 fully saturated rings. The van der Waals surface area contributed by atoms with Crippen molar-refractivity contribution >= 4 is 27.4 Å². The SMILES string of the molecule is Cc1nn([C@@H]2CCS(=O)(=O)C2)c(C)c1/C=N\Nc1ccccc1[N+](=O)[O-]. The molecule has 0 amide bonds. The van der Waals surface area contributed by atoms with Gasteiger partial charge in [-0.1, -0.05) is 12.1 Å². The molecule has 1 saturated heterocycles.